The Kier molecular flexibility index (Phi) is 6.83. The number of piperazine rings is 1. The number of carbonyl (C=O) groups is 1. The Morgan fingerprint density at radius 2 is 1.72 bits per heavy atom. The molecular weight excluding hydrogens is 386 g/mol. The van der Waals surface area contributed by atoms with E-state index >= 15 is 0 Å². The van der Waals surface area contributed by atoms with Crippen LogP contribution in [0.2, 0.25) is 5.02 Å². The largest absolute Gasteiger partial charge is 0.370 e. The molecule has 3 aliphatic rings. The average Bonchev–Trinajstić information content (AvgIpc) is 3.12. The van der Waals surface area contributed by atoms with E-state index in [-0.39, 0.29) is 6.03 Å². The van der Waals surface area contributed by atoms with Crippen molar-refractivity contribution in [1.29, 1.82) is 0 Å². The summed E-state index contributed by atoms with van der Waals surface area (Å²) in [5.41, 5.74) is 1.86. The molecule has 0 unspecified atom stereocenters. The molecule has 1 atom stereocenters. The summed E-state index contributed by atoms with van der Waals surface area (Å²) >= 11 is 6.52. The van der Waals surface area contributed by atoms with Crippen LogP contribution in [0.1, 0.15) is 32.1 Å². The molecule has 3 aliphatic heterocycles. The lowest BCUT2D eigenvalue weighted by Gasteiger charge is -2.39. The van der Waals surface area contributed by atoms with Crippen LogP contribution in [-0.2, 0) is 0 Å². The van der Waals surface area contributed by atoms with Gasteiger partial charge in [-0.05, 0) is 50.9 Å². The maximum Gasteiger partial charge on any atom is 0.321 e. The Bertz CT molecular complexity index is 700. The zero-order valence-electron chi connectivity index (χ0n) is 17.6. The summed E-state index contributed by atoms with van der Waals surface area (Å²) in [6, 6.07) is 6.38. The van der Waals surface area contributed by atoms with Gasteiger partial charge in [0.1, 0.15) is 0 Å². The van der Waals surface area contributed by atoms with E-state index in [0.29, 0.717) is 6.04 Å². The zero-order chi connectivity index (χ0) is 20.2. The molecule has 29 heavy (non-hydrogen) atoms. The number of rotatable bonds is 3. The number of halogens is 1. The molecular formula is C22H34ClN5O. The second kappa shape index (κ2) is 9.54. The molecule has 4 rings (SSSR count). The number of likely N-dealkylation sites (N-methyl/N-ethyl adjacent to an activating group) is 1. The number of likely N-dealkylation sites (tertiary alicyclic amines) is 1. The first kappa shape index (κ1) is 20.8. The molecule has 0 spiro atoms. The molecule has 3 fully saturated rings. The van der Waals surface area contributed by atoms with Crippen LogP contribution in [0.15, 0.2) is 18.2 Å². The first-order valence-corrected chi connectivity index (χ1v) is 11.5. The fraction of sp³-hybridized carbons (Fsp3) is 0.682. The number of benzene rings is 1. The van der Waals surface area contributed by atoms with Crippen LogP contribution in [0.25, 0.3) is 0 Å². The third-order valence-electron chi connectivity index (χ3n) is 6.63. The predicted molar refractivity (Wildman–Crippen MR) is 120 cm³/mol. The number of anilines is 2. The lowest BCUT2D eigenvalue weighted by Crippen LogP contribution is -2.52. The van der Waals surface area contributed by atoms with E-state index in [2.05, 4.69) is 27.1 Å². The molecule has 6 nitrogen and oxygen atoms in total. The van der Waals surface area contributed by atoms with Gasteiger partial charge in [0.2, 0.25) is 0 Å². The fourth-order valence-corrected chi connectivity index (χ4v) is 5.09. The van der Waals surface area contributed by atoms with Gasteiger partial charge in [0, 0.05) is 64.1 Å². The minimum absolute atomic E-state index is 0.00369. The lowest BCUT2D eigenvalue weighted by atomic mass is 10.1. The van der Waals surface area contributed by atoms with Gasteiger partial charge in [-0.1, -0.05) is 18.0 Å². The summed E-state index contributed by atoms with van der Waals surface area (Å²) < 4.78 is 0. The normalized spacial score (nSPS) is 24.6. The van der Waals surface area contributed by atoms with Crippen LogP contribution in [0.4, 0.5) is 16.2 Å². The smallest absolute Gasteiger partial charge is 0.321 e. The van der Waals surface area contributed by atoms with E-state index in [1.165, 1.54) is 25.7 Å². The van der Waals surface area contributed by atoms with Crippen molar-refractivity contribution in [2.45, 2.75) is 38.1 Å². The molecule has 0 aliphatic carbocycles. The quantitative estimate of drug-likeness (QED) is 0.813. The molecule has 2 amide bonds. The van der Waals surface area contributed by atoms with Gasteiger partial charge in [-0.2, -0.15) is 0 Å². The van der Waals surface area contributed by atoms with Gasteiger partial charge in [0.25, 0.3) is 0 Å². The van der Waals surface area contributed by atoms with Crippen molar-refractivity contribution in [2.24, 2.45) is 0 Å². The number of urea groups is 1. The van der Waals surface area contributed by atoms with E-state index in [1.54, 1.807) is 0 Å². The molecule has 0 radical (unpaired) electrons. The summed E-state index contributed by atoms with van der Waals surface area (Å²) in [5.74, 6) is 0. The minimum Gasteiger partial charge on any atom is -0.370 e. The maximum absolute atomic E-state index is 13.0. The highest BCUT2D eigenvalue weighted by molar-refractivity contribution is 6.33. The van der Waals surface area contributed by atoms with Gasteiger partial charge < -0.3 is 20.0 Å². The second-order valence-electron chi connectivity index (χ2n) is 8.73. The highest BCUT2D eigenvalue weighted by Gasteiger charge is 2.28. The Labute approximate surface area is 179 Å². The summed E-state index contributed by atoms with van der Waals surface area (Å²) in [6.07, 6.45) is 5.89. The fourth-order valence-electron chi connectivity index (χ4n) is 4.79. The highest BCUT2D eigenvalue weighted by Crippen LogP contribution is 2.31. The molecule has 160 valence electrons. The second-order valence-corrected chi connectivity index (χ2v) is 9.13. The van der Waals surface area contributed by atoms with Gasteiger partial charge in [0.05, 0.1) is 10.7 Å². The van der Waals surface area contributed by atoms with Crippen molar-refractivity contribution in [3.8, 4) is 0 Å². The number of nitrogens with zero attached hydrogens (tertiary/aromatic N) is 4. The van der Waals surface area contributed by atoms with Crippen molar-refractivity contribution in [2.75, 3.05) is 69.6 Å². The summed E-state index contributed by atoms with van der Waals surface area (Å²) in [4.78, 5) is 22.3. The SMILES string of the molecule is CN1CCN([C@H]2CCCCN(C(=O)Nc3ccc(N4CCCC4)c(Cl)c3)C2)CC1. The molecule has 1 N–H and O–H groups in total. The van der Waals surface area contributed by atoms with Gasteiger partial charge in [0.15, 0.2) is 0 Å². The Morgan fingerprint density at radius 1 is 1.00 bits per heavy atom. The molecule has 3 heterocycles. The highest BCUT2D eigenvalue weighted by atomic mass is 35.5. The van der Waals surface area contributed by atoms with E-state index in [4.69, 9.17) is 11.6 Å². The molecule has 1 aromatic carbocycles. The number of carbonyl (C=O) groups excluding carboxylic acids is 1. The van der Waals surface area contributed by atoms with Gasteiger partial charge in [-0.3, -0.25) is 4.90 Å². The van der Waals surface area contributed by atoms with E-state index in [9.17, 15) is 4.79 Å². The van der Waals surface area contributed by atoms with E-state index < -0.39 is 0 Å². The Hall–Kier alpha value is -1.50. The third kappa shape index (κ3) is 5.16. The number of hydrogen-bond acceptors (Lipinski definition) is 4. The number of nitrogens with one attached hydrogen (secondary N) is 1. The molecule has 0 bridgehead atoms. The summed E-state index contributed by atoms with van der Waals surface area (Å²) in [7, 11) is 2.18. The van der Waals surface area contributed by atoms with Gasteiger partial charge in [-0.15, -0.1) is 0 Å². The van der Waals surface area contributed by atoms with Crippen LogP contribution in [0.3, 0.4) is 0 Å². The van der Waals surface area contributed by atoms with Gasteiger partial charge >= 0.3 is 6.03 Å². The Morgan fingerprint density at radius 3 is 2.45 bits per heavy atom. The lowest BCUT2D eigenvalue weighted by molar-refractivity contribution is 0.0948. The topological polar surface area (TPSA) is 42.1 Å². The average molecular weight is 420 g/mol. The van der Waals surface area contributed by atoms with Crippen LogP contribution < -0.4 is 10.2 Å². The van der Waals surface area contributed by atoms with Crippen molar-refractivity contribution >= 4 is 29.0 Å². The molecule has 0 saturated carbocycles. The van der Waals surface area contributed by atoms with Crippen LogP contribution in [0.5, 0.6) is 0 Å². The number of amides is 2. The van der Waals surface area contributed by atoms with Crippen molar-refractivity contribution < 1.29 is 4.79 Å². The molecule has 0 aromatic heterocycles. The zero-order valence-corrected chi connectivity index (χ0v) is 18.3. The summed E-state index contributed by atoms with van der Waals surface area (Å²) in [6.45, 7) is 8.20. The molecule has 7 heteroatoms. The minimum atomic E-state index is -0.00369. The maximum atomic E-state index is 13.0. The molecule has 1 aromatic rings. The molecule has 3 saturated heterocycles. The van der Waals surface area contributed by atoms with E-state index in [1.807, 2.05) is 23.1 Å². The Balaban J connectivity index is 1.37. The predicted octanol–water partition coefficient (Wildman–Crippen LogP) is 3.57. The monoisotopic (exact) mass is 419 g/mol. The number of hydrogen-bond donors (Lipinski definition) is 1. The first-order valence-electron chi connectivity index (χ1n) is 11.1. The van der Waals surface area contributed by atoms with Crippen LogP contribution >= 0.6 is 11.6 Å². The van der Waals surface area contributed by atoms with Crippen LogP contribution in [0, 0.1) is 0 Å². The first-order chi connectivity index (χ1) is 14.1. The van der Waals surface area contributed by atoms with E-state index in [0.717, 1.165) is 75.2 Å². The standard InChI is InChI=1S/C22H34ClN5O/c1-25-12-14-26(15-13-25)19-6-2-3-11-28(17-19)22(29)24-18-7-8-21(20(23)16-18)27-9-4-5-10-27/h7-8,16,19H,2-6,9-15,17H2,1H3,(H,24,29)/t19-/m0/s1. The van der Waals surface area contributed by atoms with Crippen molar-refractivity contribution in [1.82, 2.24) is 14.7 Å². The van der Waals surface area contributed by atoms with Crippen molar-refractivity contribution in [3.05, 3.63) is 23.2 Å². The third-order valence-corrected chi connectivity index (χ3v) is 6.94. The summed E-state index contributed by atoms with van der Waals surface area (Å²) in [5, 5.41) is 3.80. The van der Waals surface area contributed by atoms with Crippen LogP contribution in [-0.4, -0.2) is 86.2 Å². The van der Waals surface area contributed by atoms with Crippen molar-refractivity contribution in [3.63, 3.8) is 0 Å². The van der Waals surface area contributed by atoms with Gasteiger partial charge in [-0.25, -0.2) is 4.79 Å².